The second-order valence-corrected chi connectivity index (χ2v) is 8.13. The second-order valence-electron chi connectivity index (χ2n) is 6.45. The number of nitrogens with one attached hydrogen (secondary N) is 1. The van der Waals surface area contributed by atoms with E-state index in [0.717, 1.165) is 36.1 Å². The molecule has 26 heavy (non-hydrogen) atoms. The molecular weight excluding hydrogens is 348 g/mol. The van der Waals surface area contributed by atoms with Crippen molar-refractivity contribution >= 4 is 27.3 Å². The highest BCUT2D eigenvalue weighted by molar-refractivity contribution is 7.92. The number of nitrogens with zero attached hydrogens (tertiary/aromatic N) is 1. The molecule has 1 aliphatic rings. The Morgan fingerprint density at radius 3 is 2.50 bits per heavy atom. The monoisotopic (exact) mass is 372 g/mol. The summed E-state index contributed by atoms with van der Waals surface area (Å²) in [6.45, 7) is 4.54. The zero-order valence-corrected chi connectivity index (χ0v) is 16.0. The van der Waals surface area contributed by atoms with Gasteiger partial charge in [0.05, 0.1) is 10.6 Å². The Balaban J connectivity index is 1.89. The fraction of sp³-hybridized carbons (Fsp3) is 0.350. The summed E-state index contributed by atoms with van der Waals surface area (Å²) in [7, 11) is -3.66. The molecule has 0 aliphatic carbocycles. The topological polar surface area (TPSA) is 66.5 Å². The molecule has 0 radical (unpaired) electrons. The van der Waals surface area contributed by atoms with Crippen LogP contribution in [-0.4, -0.2) is 20.9 Å². The van der Waals surface area contributed by atoms with Crippen LogP contribution in [0, 0.1) is 0 Å². The number of benzene rings is 2. The van der Waals surface area contributed by atoms with E-state index < -0.39 is 10.0 Å². The van der Waals surface area contributed by atoms with Gasteiger partial charge >= 0.3 is 0 Å². The zero-order valence-electron chi connectivity index (χ0n) is 15.2. The van der Waals surface area contributed by atoms with Crippen molar-refractivity contribution in [1.29, 1.82) is 0 Å². The molecule has 2 aromatic rings. The maximum atomic E-state index is 12.6. The van der Waals surface area contributed by atoms with E-state index in [1.807, 2.05) is 32.0 Å². The van der Waals surface area contributed by atoms with Gasteiger partial charge < -0.3 is 4.90 Å². The first-order valence-electron chi connectivity index (χ1n) is 8.99. The predicted molar refractivity (Wildman–Crippen MR) is 104 cm³/mol. The minimum atomic E-state index is -3.66. The van der Waals surface area contributed by atoms with Crippen LogP contribution in [0.15, 0.2) is 47.4 Å². The molecule has 1 aliphatic heterocycles. The fourth-order valence-electron chi connectivity index (χ4n) is 3.21. The Hall–Kier alpha value is -2.34. The molecule has 0 saturated carbocycles. The summed E-state index contributed by atoms with van der Waals surface area (Å²) in [6, 6.07) is 12.3. The molecule has 1 amide bonds. The van der Waals surface area contributed by atoms with Crippen molar-refractivity contribution in [2.45, 2.75) is 44.4 Å². The lowest BCUT2D eigenvalue weighted by molar-refractivity contribution is -0.118. The van der Waals surface area contributed by atoms with E-state index >= 15 is 0 Å². The van der Waals surface area contributed by atoms with Crippen molar-refractivity contribution in [3.63, 3.8) is 0 Å². The van der Waals surface area contributed by atoms with Gasteiger partial charge in [-0.25, -0.2) is 8.42 Å². The maximum absolute atomic E-state index is 12.6. The van der Waals surface area contributed by atoms with Crippen molar-refractivity contribution in [2.24, 2.45) is 0 Å². The van der Waals surface area contributed by atoms with Crippen LogP contribution >= 0.6 is 0 Å². The highest BCUT2D eigenvalue weighted by Gasteiger charge is 2.22. The highest BCUT2D eigenvalue weighted by Crippen LogP contribution is 2.31. The molecule has 6 heteroatoms. The maximum Gasteiger partial charge on any atom is 0.261 e. The van der Waals surface area contributed by atoms with Crippen LogP contribution in [0.4, 0.5) is 11.4 Å². The summed E-state index contributed by atoms with van der Waals surface area (Å²) in [5.41, 5.74) is 3.45. The van der Waals surface area contributed by atoms with Gasteiger partial charge in [0.2, 0.25) is 5.91 Å². The molecule has 0 spiro atoms. The van der Waals surface area contributed by atoms with Gasteiger partial charge in [0.1, 0.15) is 0 Å². The number of carbonyl (C=O) groups excluding carboxylic acids is 1. The number of anilines is 2. The Morgan fingerprint density at radius 2 is 1.85 bits per heavy atom. The Labute approximate surface area is 155 Å². The molecule has 0 fully saturated rings. The van der Waals surface area contributed by atoms with E-state index in [1.165, 1.54) is 0 Å². The summed E-state index contributed by atoms with van der Waals surface area (Å²) < 4.78 is 27.9. The smallest absolute Gasteiger partial charge is 0.261 e. The van der Waals surface area contributed by atoms with Gasteiger partial charge in [-0.3, -0.25) is 9.52 Å². The van der Waals surface area contributed by atoms with Crippen molar-refractivity contribution in [1.82, 2.24) is 0 Å². The van der Waals surface area contributed by atoms with E-state index in [2.05, 4.69) is 4.72 Å². The van der Waals surface area contributed by atoms with Gasteiger partial charge in [0.25, 0.3) is 10.0 Å². The molecule has 5 nitrogen and oxygen atoms in total. The Bertz CT molecular complexity index is 905. The second kappa shape index (κ2) is 7.50. The number of hydrogen-bond donors (Lipinski definition) is 1. The molecule has 0 aromatic heterocycles. The van der Waals surface area contributed by atoms with Crippen molar-refractivity contribution in [3.8, 4) is 0 Å². The summed E-state index contributed by atoms with van der Waals surface area (Å²) in [5.74, 6) is 0.0566. The Kier molecular flexibility index (Phi) is 5.32. The van der Waals surface area contributed by atoms with Gasteiger partial charge in [-0.1, -0.05) is 32.0 Å². The number of hydrogen-bond acceptors (Lipinski definition) is 3. The summed E-state index contributed by atoms with van der Waals surface area (Å²) in [5, 5.41) is 0. The van der Waals surface area contributed by atoms with Crippen LogP contribution in [-0.2, 0) is 27.7 Å². The van der Waals surface area contributed by atoms with Gasteiger partial charge in [-0.2, -0.15) is 0 Å². The number of amides is 1. The SMILES string of the molecule is CCC(=O)N1CCCc2ccc(NS(=O)(=O)c3ccc(CC)cc3)cc21. The lowest BCUT2D eigenvalue weighted by Crippen LogP contribution is -2.35. The van der Waals surface area contributed by atoms with E-state index in [0.29, 0.717) is 18.7 Å². The molecule has 0 atom stereocenters. The fourth-order valence-corrected chi connectivity index (χ4v) is 4.26. The summed E-state index contributed by atoms with van der Waals surface area (Å²) in [6.07, 6.45) is 3.11. The quantitative estimate of drug-likeness (QED) is 0.869. The van der Waals surface area contributed by atoms with E-state index in [-0.39, 0.29) is 10.8 Å². The van der Waals surface area contributed by atoms with Gasteiger partial charge in [0, 0.05) is 18.7 Å². The lowest BCUT2D eigenvalue weighted by Gasteiger charge is -2.29. The molecule has 1 heterocycles. The average molecular weight is 372 g/mol. The summed E-state index contributed by atoms with van der Waals surface area (Å²) >= 11 is 0. The first-order chi connectivity index (χ1) is 12.4. The van der Waals surface area contributed by atoms with Crippen LogP contribution < -0.4 is 9.62 Å². The predicted octanol–water partition coefficient (Wildman–Crippen LogP) is 3.74. The number of carbonyl (C=O) groups is 1. The number of aryl methyl sites for hydroxylation is 2. The van der Waals surface area contributed by atoms with Crippen LogP contribution in [0.3, 0.4) is 0 Å². The molecule has 138 valence electrons. The van der Waals surface area contributed by atoms with Crippen LogP contribution in [0.25, 0.3) is 0 Å². The standard InChI is InChI=1S/C20H24N2O3S/c1-3-15-7-11-18(12-8-15)26(24,25)21-17-10-9-16-6-5-13-22(19(16)14-17)20(23)4-2/h7-12,14,21H,3-6,13H2,1-2H3. The first-order valence-corrected chi connectivity index (χ1v) is 10.5. The third kappa shape index (κ3) is 3.75. The van der Waals surface area contributed by atoms with E-state index in [4.69, 9.17) is 0 Å². The molecule has 3 rings (SSSR count). The van der Waals surface area contributed by atoms with E-state index in [9.17, 15) is 13.2 Å². The highest BCUT2D eigenvalue weighted by atomic mass is 32.2. The minimum Gasteiger partial charge on any atom is -0.312 e. The average Bonchev–Trinajstić information content (AvgIpc) is 2.66. The molecule has 0 bridgehead atoms. The van der Waals surface area contributed by atoms with Gasteiger partial charge in [-0.05, 0) is 54.7 Å². The number of fused-ring (bicyclic) bond motifs is 1. The van der Waals surface area contributed by atoms with Crippen molar-refractivity contribution in [3.05, 3.63) is 53.6 Å². The molecule has 0 unspecified atom stereocenters. The van der Waals surface area contributed by atoms with Gasteiger partial charge in [-0.15, -0.1) is 0 Å². The Morgan fingerprint density at radius 1 is 1.12 bits per heavy atom. The molecule has 1 N–H and O–H groups in total. The van der Waals surface area contributed by atoms with Gasteiger partial charge in [0.15, 0.2) is 0 Å². The normalized spacial score (nSPS) is 14.0. The van der Waals surface area contributed by atoms with Crippen molar-refractivity contribution < 1.29 is 13.2 Å². The third-order valence-electron chi connectivity index (χ3n) is 4.70. The third-order valence-corrected chi connectivity index (χ3v) is 6.10. The lowest BCUT2D eigenvalue weighted by atomic mass is 10.0. The largest absolute Gasteiger partial charge is 0.312 e. The minimum absolute atomic E-state index is 0.0566. The van der Waals surface area contributed by atoms with Crippen LogP contribution in [0.1, 0.15) is 37.8 Å². The molecule has 2 aromatic carbocycles. The molecular formula is C20H24N2O3S. The molecule has 0 saturated heterocycles. The van der Waals surface area contributed by atoms with E-state index in [1.54, 1.807) is 29.2 Å². The number of rotatable bonds is 5. The van der Waals surface area contributed by atoms with Crippen LogP contribution in [0.5, 0.6) is 0 Å². The van der Waals surface area contributed by atoms with Crippen LogP contribution in [0.2, 0.25) is 0 Å². The van der Waals surface area contributed by atoms with Crippen molar-refractivity contribution in [2.75, 3.05) is 16.2 Å². The first kappa shape index (κ1) is 18.5. The summed E-state index contributed by atoms with van der Waals surface area (Å²) in [4.78, 5) is 14.2. The number of sulfonamides is 1. The zero-order chi connectivity index (χ0) is 18.7.